The van der Waals surface area contributed by atoms with Crippen molar-refractivity contribution in [1.29, 1.82) is 0 Å². The van der Waals surface area contributed by atoms with E-state index in [0.717, 1.165) is 0 Å². The van der Waals surface area contributed by atoms with Crippen LogP contribution in [0.4, 0.5) is 64.1 Å². The molecular weight excluding hydrogens is 540 g/mol. The van der Waals surface area contributed by atoms with Crippen LogP contribution >= 0.6 is 0 Å². The fourth-order valence-corrected chi connectivity index (χ4v) is 3.07. The van der Waals surface area contributed by atoms with Gasteiger partial charge in [-0.1, -0.05) is 0 Å². The van der Waals surface area contributed by atoms with E-state index in [1.807, 2.05) is 0 Å². The number of halogens is 12. The van der Waals surface area contributed by atoms with Gasteiger partial charge < -0.3 is 20.9 Å². The van der Waals surface area contributed by atoms with Crippen molar-refractivity contribution in [2.24, 2.45) is 0 Å². The van der Waals surface area contributed by atoms with Gasteiger partial charge in [0.05, 0.1) is 0 Å². The standard InChI is InChI=1S/C21H10F12N2O2/c22-10-5-9(19(25,26)27)13(36-15-3-7(34)1-11(23)17(15)20(28,29)30)6-14(10)37-16-4-8(35)2-12(24)18(16)21(31,32)33/h1-6H,34-35H2. The fraction of sp³-hybridized carbons (Fsp3) is 0.143. The lowest BCUT2D eigenvalue weighted by Crippen LogP contribution is -2.13. The van der Waals surface area contributed by atoms with E-state index < -0.39 is 87.0 Å². The molecule has 0 bridgehead atoms. The molecule has 3 aromatic rings. The molecule has 37 heavy (non-hydrogen) atoms. The topological polar surface area (TPSA) is 70.5 Å². The minimum absolute atomic E-state index is 0.0549. The highest BCUT2D eigenvalue weighted by Crippen LogP contribution is 2.47. The fourth-order valence-electron chi connectivity index (χ4n) is 3.07. The molecule has 0 heterocycles. The molecule has 0 amide bonds. The molecule has 0 fully saturated rings. The zero-order valence-corrected chi connectivity index (χ0v) is 17.5. The number of nitrogen functional groups attached to an aromatic ring is 2. The van der Waals surface area contributed by atoms with Gasteiger partial charge in [0.1, 0.15) is 45.6 Å². The van der Waals surface area contributed by atoms with Crippen LogP contribution in [0.1, 0.15) is 16.7 Å². The third-order valence-corrected chi connectivity index (χ3v) is 4.50. The first-order valence-electron chi connectivity index (χ1n) is 9.38. The van der Waals surface area contributed by atoms with Crippen molar-refractivity contribution in [2.75, 3.05) is 11.5 Å². The van der Waals surface area contributed by atoms with E-state index in [9.17, 15) is 52.7 Å². The Hall–Kier alpha value is -3.98. The Labute approximate surface area is 198 Å². The minimum Gasteiger partial charge on any atom is -0.456 e. The first-order valence-corrected chi connectivity index (χ1v) is 9.38. The highest BCUT2D eigenvalue weighted by Gasteiger charge is 2.42. The van der Waals surface area contributed by atoms with Crippen LogP contribution in [0.15, 0.2) is 36.4 Å². The maximum atomic E-state index is 14.5. The molecule has 0 aliphatic rings. The van der Waals surface area contributed by atoms with Crippen molar-refractivity contribution in [3.05, 3.63) is 70.5 Å². The lowest BCUT2D eigenvalue weighted by molar-refractivity contribution is -0.142. The summed E-state index contributed by atoms with van der Waals surface area (Å²) < 4.78 is 172. The Kier molecular flexibility index (Phi) is 6.83. The molecule has 0 unspecified atom stereocenters. The summed E-state index contributed by atoms with van der Waals surface area (Å²) in [7, 11) is 0. The number of benzene rings is 3. The Balaban J connectivity index is 2.23. The lowest BCUT2D eigenvalue weighted by atomic mass is 10.1. The van der Waals surface area contributed by atoms with Crippen LogP contribution in [0.3, 0.4) is 0 Å². The molecule has 0 saturated carbocycles. The monoisotopic (exact) mass is 550 g/mol. The van der Waals surface area contributed by atoms with Crippen LogP contribution in [0.2, 0.25) is 0 Å². The van der Waals surface area contributed by atoms with Crippen molar-refractivity contribution >= 4 is 11.4 Å². The van der Waals surface area contributed by atoms with Crippen LogP contribution in [0, 0.1) is 17.5 Å². The van der Waals surface area contributed by atoms with Gasteiger partial charge in [0.2, 0.25) is 0 Å². The number of rotatable bonds is 4. The average Bonchev–Trinajstić information content (AvgIpc) is 2.66. The molecule has 200 valence electrons. The van der Waals surface area contributed by atoms with E-state index in [2.05, 4.69) is 9.47 Å². The molecule has 4 N–H and O–H groups in total. The molecular formula is C21H10F12N2O2. The van der Waals surface area contributed by atoms with Crippen molar-refractivity contribution in [2.45, 2.75) is 18.5 Å². The third-order valence-electron chi connectivity index (χ3n) is 4.50. The molecule has 3 aromatic carbocycles. The second-order valence-electron chi connectivity index (χ2n) is 7.23. The highest BCUT2D eigenvalue weighted by molar-refractivity contribution is 5.55. The zero-order chi connectivity index (χ0) is 28.1. The average molecular weight is 550 g/mol. The Bertz CT molecular complexity index is 1350. The SMILES string of the molecule is Nc1cc(F)c(C(F)(F)F)c(Oc2cc(Oc3cc(N)cc(F)c3C(F)(F)F)c(C(F)(F)F)cc2F)c1. The maximum absolute atomic E-state index is 14.5. The Morgan fingerprint density at radius 3 is 1.24 bits per heavy atom. The first-order chi connectivity index (χ1) is 16.8. The van der Waals surface area contributed by atoms with Crippen molar-refractivity contribution < 1.29 is 62.2 Å². The summed E-state index contributed by atoms with van der Waals surface area (Å²) in [6.07, 6.45) is -16.5. The summed E-state index contributed by atoms with van der Waals surface area (Å²) in [6, 6.07) is 0.702. The summed E-state index contributed by atoms with van der Waals surface area (Å²) >= 11 is 0. The van der Waals surface area contributed by atoms with E-state index >= 15 is 0 Å². The summed E-state index contributed by atoms with van der Waals surface area (Å²) in [5.74, 6) is -12.1. The zero-order valence-electron chi connectivity index (χ0n) is 17.5. The lowest BCUT2D eigenvalue weighted by Gasteiger charge is -2.20. The quantitative estimate of drug-likeness (QED) is 0.256. The van der Waals surface area contributed by atoms with Gasteiger partial charge in [-0.2, -0.15) is 39.5 Å². The van der Waals surface area contributed by atoms with Crippen LogP contribution in [0.5, 0.6) is 23.0 Å². The second kappa shape index (κ2) is 9.15. The normalized spacial score (nSPS) is 12.5. The molecule has 16 heteroatoms. The molecule has 0 aliphatic carbocycles. The minimum atomic E-state index is -5.51. The van der Waals surface area contributed by atoms with Gasteiger partial charge in [0.25, 0.3) is 0 Å². The summed E-state index contributed by atoms with van der Waals surface area (Å²) in [4.78, 5) is 0. The van der Waals surface area contributed by atoms with Crippen molar-refractivity contribution in [3.8, 4) is 23.0 Å². The van der Waals surface area contributed by atoms with Crippen LogP contribution in [-0.2, 0) is 18.5 Å². The highest BCUT2D eigenvalue weighted by atomic mass is 19.4. The van der Waals surface area contributed by atoms with Gasteiger partial charge in [-0.3, -0.25) is 0 Å². The molecule has 0 aliphatic heterocycles. The van der Waals surface area contributed by atoms with Gasteiger partial charge in [-0.05, 0) is 18.2 Å². The second-order valence-corrected chi connectivity index (χ2v) is 7.23. The summed E-state index contributed by atoms with van der Waals surface area (Å²) in [5, 5.41) is 0. The molecule has 0 radical (unpaired) electrons. The van der Waals surface area contributed by atoms with Crippen molar-refractivity contribution in [1.82, 2.24) is 0 Å². The summed E-state index contributed by atoms with van der Waals surface area (Å²) in [5.41, 5.74) is 2.78. The number of ether oxygens (including phenoxy) is 2. The molecule has 0 aromatic heterocycles. The van der Waals surface area contributed by atoms with E-state index in [0.29, 0.717) is 12.1 Å². The van der Waals surface area contributed by atoms with Gasteiger partial charge in [0.15, 0.2) is 11.6 Å². The van der Waals surface area contributed by atoms with E-state index in [1.54, 1.807) is 0 Å². The number of hydrogen-bond donors (Lipinski definition) is 2. The number of anilines is 2. The van der Waals surface area contributed by atoms with Crippen LogP contribution in [0.25, 0.3) is 0 Å². The smallest absolute Gasteiger partial charge is 0.422 e. The number of hydrogen-bond acceptors (Lipinski definition) is 4. The maximum Gasteiger partial charge on any atom is 0.422 e. The van der Waals surface area contributed by atoms with Crippen LogP contribution in [-0.4, -0.2) is 0 Å². The largest absolute Gasteiger partial charge is 0.456 e. The Morgan fingerprint density at radius 1 is 0.459 bits per heavy atom. The predicted molar refractivity (Wildman–Crippen MR) is 103 cm³/mol. The van der Waals surface area contributed by atoms with Crippen LogP contribution < -0.4 is 20.9 Å². The molecule has 4 nitrogen and oxygen atoms in total. The first kappa shape index (κ1) is 27.6. The molecule has 3 rings (SSSR count). The number of nitrogens with two attached hydrogens (primary N) is 2. The molecule has 0 saturated heterocycles. The van der Waals surface area contributed by atoms with E-state index in [4.69, 9.17) is 11.5 Å². The number of alkyl halides is 9. The molecule has 0 atom stereocenters. The van der Waals surface area contributed by atoms with Gasteiger partial charge in [-0.15, -0.1) is 0 Å². The van der Waals surface area contributed by atoms with Gasteiger partial charge >= 0.3 is 18.5 Å². The summed E-state index contributed by atoms with van der Waals surface area (Å²) in [6.45, 7) is 0. The van der Waals surface area contributed by atoms with E-state index in [-0.39, 0.29) is 24.3 Å². The molecule has 0 spiro atoms. The van der Waals surface area contributed by atoms with Gasteiger partial charge in [0, 0.05) is 29.6 Å². The predicted octanol–water partition coefficient (Wildman–Crippen LogP) is 7.91. The third kappa shape index (κ3) is 5.89. The van der Waals surface area contributed by atoms with Gasteiger partial charge in [-0.25, -0.2) is 13.2 Å². The van der Waals surface area contributed by atoms with Crippen molar-refractivity contribution in [3.63, 3.8) is 0 Å². The Morgan fingerprint density at radius 2 is 0.865 bits per heavy atom. The van der Waals surface area contributed by atoms with E-state index in [1.165, 1.54) is 0 Å².